The first-order chi connectivity index (χ1) is 13.7. The Labute approximate surface area is 172 Å². The molecule has 9 nitrogen and oxygen atoms in total. The van der Waals surface area contributed by atoms with E-state index in [2.05, 4.69) is 0 Å². The molecule has 0 unspecified atom stereocenters. The van der Waals surface area contributed by atoms with E-state index in [0.29, 0.717) is 24.2 Å². The minimum absolute atomic E-state index is 0.0682. The number of carbonyl (C=O) groups excluding carboxylic acids is 1. The van der Waals surface area contributed by atoms with Crippen LogP contribution in [0.4, 0.5) is 10.5 Å². The van der Waals surface area contributed by atoms with Crippen LogP contribution in [0.5, 0.6) is 0 Å². The molecule has 0 N–H and O–H groups in total. The van der Waals surface area contributed by atoms with E-state index < -0.39 is 26.1 Å². The highest BCUT2D eigenvalue weighted by molar-refractivity contribution is 7.92. The Morgan fingerprint density at radius 2 is 1.79 bits per heavy atom. The Morgan fingerprint density at radius 3 is 2.41 bits per heavy atom. The molecular formula is C18H27N3O6S2. The van der Waals surface area contributed by atoms with E-state index in [4.69, 9.17) is 4.74 Å². The SMILES string of the molecule is CCOC(=O)N1CCN(S(=O)(=O)c2cc(N3CCCCS3(=O)=O)ccc2C)CC1. The molecule has 2 aliphatic rings. The van der Waals surface area contributed by atoms with E-state index in [1.54, 1.807) is 26.0 Å². The Kier molecular flexibility index (Phi) is 6.39. The molecule has 1 amide bonds. The molecule has 3 rings (SSSR count). The van der Waals surface area contributed by atoms with Gasteiger partial charge in [-0.25, -0.2) is 21.6 Å². The van der Waals surface area contributed by atoms with Crippen LogP contribution in [-0.2, 0) is 24.8 Å². The quantitative estimate of drug-likeness (QED) is 0.694. The number of ether oxygens (including phenoxy) is 1. The van der Waals surface area contributed by atoms with Gasteiger partial charge < -0.3 is 9.64 Å². The van der Waals surface area contributed by atoms with E-state index in [1.165, 1.54) is 19.6 Å². The Balaban J connectivity index is 1.83. The summed E-state index contributed by atoms with van der Waals surface area (Å²) in [5, 5.41) is 0. The fourth-order valence-electron chi connectivity index (χ4n) is 3.57. The van der Waals surface area contributed by atoms with E-state index in [0.717, 1.165) is 6.42 Å². The number of hydrogen-bond donors (Lipinski definition) is 0. The Hall–Kier alpha value is -1.85. The van der Waals surface area contributed by atoms with Gasteiger partial charge in [-0.3, -0.25) is 4.31 Å². The highest BCUT2D eigenvalue weighted by Crippen LogP contribution is 2.29. The number of carbonyl (C=O) groups is 1. The molecular weight excluding hydrogens is 418 g/mol. The van der Waals surface area contributed by atoms with Crippen LogP contribution in [0.2, 0.25) is 0 Å². The van der Waals surface area contributed by atoms with Gasteiger partial charge in [0.25, 0.3) is 0 Å². The van der Waals surface area contributed by atoms with Crippen molar-refractivity contribution in [3.05, 3.63) is 23.8 Å². The number of hydrogen-bond acceptors (Lipinski definition) is 6. The van der Waals surface area contributed by atoms with Crippen molar-refractivity contribution >= 4 is 31.8 Å². The molecule has 0 atom stereocenters. The van der Waals surface area contributed by atoms with Crippen molar-refractivity contribution in [3.8, 4) is 0 Å². The normalized spacial score (nSPS) is 20.5. The summed E-state index contributed by atoms with van der Waals surface area (Å²) >= 11 is 0. The second-order valence-corrected chi connectivity index (χ2v) is 11.1. The first kappa shape index (κ1) is 21.8. The van der Waals surface area contributed by atoms with Gasteiger partial charge in [-0.05, 0) is 44.4 Å². The number of rotatable bonds is 4. The predicted molar refractivity (Wildman–Crippen MR) is 109 cm³/mol. The zero-order chi connectivity index (χ0) is 21.2. The summed E-state index contributed by atoms with van der Waals surface area (Å²) in [5.74, 6) is 0.0682. The molecule has 0 aliphatic carbocycles. The second-order valence-electron chi connectivity index (χ2n) is 7.14. The smallest absolute Gasteiger partial charge is 0.409 e. The average molecular weight is 446 g/mol. The highest BCUT2D eigenvalue weighted by Gasteiger charge is 2.33. The molecule has 2 heterocycles. The van der Waals surface area contributed by atoms with Crippen molar-refractivity contribution in [1.29, 1.82) is 0 Å². The molecule has 2 saturated heterocycles. The maximum atomic E-state index is 13.2. The summed E-state index contributed by atoms with van der Waals surface area (Å²) in [6.45, 7) is 4.84. The Morgan fingerprint density at radius 1 is 1.10 bits per heavy atom. The van der Waals surface area contributed by atoms with Gasteiger partial charge in [0.2, 0.25) is 20.0 Å². The molecule has 0 radical (unpaired) electrons. The van der Waals surface area contributed by atoms with E-state index in [9.17, 15) is 21.6 Å². The van der Waals surface area contributed by atoms with Crippen LogP contribution in [0.15, 0.2) is 23.1 Å². The monoisotopic (exact) mass is 445 g/mol. The molecule has 29 heavy (non-hydrogen) atoms. The first-order valence-electron chi connectivity index (χ1n) is 9.70. The summed E-state index contributed by atoms with van der Waals surface area (Å²) in [4.78, 5) is 13.4. The Bertz CT molecular complexity index is 969. The minimum atomic E-state index is -3.82. The van der Waals surface area contributed by atoms with Gasteiger partial charge in [-0.1, -0.05) is 6.07 Å². The maximum absolute atomic E-state index is 13.2. The van der Waals surface area contributed by atoms with Crippen molar-refractivity contribution in [2.45, 2.75) is 31.6 Å². The second kappa shape index (κ2) is 8.49. The third-order valence-corrected chi connectivity index (χ3v) is 9.10. The fraction of sp³-hybridized carbons (Fsp3) is 0.611. The van der Waals surface area contributed by atoms with E-state index in [-0.39, 0.29) is 43.4 Å². The summed E-state index contributed by atoms with van der Waals surface area (Å²) < 4.78 is 58.9. The molecule has 2 fully saturated rings. The minimum Gasteiger partial charge on any atom is -0.450 e. The standard InChI is InChI=1S/C18H27N3O6S2/c1-3-27-18(22)19-9-11-20(12-10-19)29(25,26)17-14-16(7-6-15(17)2)21-8-4-5-13-28(21,23)24/h6-7,14H,3-5,8-13H2,1-2H3. The number of nitrogens with zero attached hydrogens (tertiary/aromatic N) is 3. The highest BCUT2D eigenvalue weighted by atomic mass is 32.2. The van der Waals surface area contributed by atoms with Crippen LogP contribution in [0, 0.1) is 6.92 Å². The molecule has 1 aromatic carbocycles. The molecule has 0 aromatic heterocycles. The van der Waals surface area contributed by atoms with Gasteiger partial charge in [0.15, 0.2) is 0 Å². The van der Waals surface area contributed by atoms with Gasteiger partial charge in [0, 0.05) is 32.7 Å². The lowest BCUT2D eigenvalue weighted by Crippen LogP contribution is -2.50. The van der Waals surface area contributed by atoms with E-state index in [1.807, 2.05) is 0 Å². The average Bonchev–Trinajstić information content (AvgIpc) is 2.68. The van der Waals surface area contributed by atoms with Gasteiger partial charge >= 0.3 is 6.09 Å². The van der Waals surface area contributed by atoms with Crippen molar-refractivity contribution < 1.29 is 26.4 Å². The summed E-state index contributed by atoms with van der Waals surface area (Å²) in [5.41, 5.74) is 0.926. The molecule has 0 bridgehead atoms. The van der Waals surface area contributed by atoms with Gasteiger partial charge in [-0.15, -0.1) is 0 Å². The van der Waals surface area contributed by atoms with Gasteiger partial charge in [0.1, 0.15) is 0 Å². The van der Waals surface area contributed by atoms with Crippen LogP contribution >= 0.6 is 0 Å². The predicted octanol–water partition coefficient (Wildman–Crippen LogP) is 1.39. The largest absolute Gasteiger partial charge is 0.450 e. The summed E-state index contributed by atoms with van der Waals surface area (Å²) in [6, 6.07) is 4.74. The van der Waals surface area contributed by atoms with Gasteiger partial charge in [-0.2, -0.15) is 4.31 Å². The number of sulfonamides is 2. The number of amides is 1. The molecule has 11 heteroatoms. The lowest BCUT2D eigenvalue weighted by atomic mass is 10.2. The number of aryl methyl sites for hydroxylation is 1. The molecule has 2 aliphatic heterocycles. The summed E-state index contributed by atoms with van der Waals surface area (Å²) in [6.07, 6.45) is 0.907. The third kappa shape index (κ3) is 4.51. The van der Waals surface area contributed by atoms with Crippen molar-refractivity contribution in [1.82, 2.24) is 9.21 Å². The zero-order valence-corrected chi connectivity index (χ0v) is 18.3. The fourth-order valence-corrected chi connectivity index (χ4v) is 6.86. The van der Waals surface area contributed by atoms with Crippen LogP contribution in [0.25, 0.3) is 0 Å². The van der Waals surface area contributed by atoms with Gasteiger partial charge in [0.05, 0.1) is 22.9 Å². The summed E-state index contributed by atoms with van der Waals surface area (Å²) in [7, 11) is -7.25. The lowest BCUT2D eigenvalue weighted by molar-refractivity contribution is 0.0934. The zero-order valence-electron chi connectivity index (χ0n) is 16.7. The molecule has 1 aromatic rings. The van der Waals surface area contributed by atoms with Crippen molar-refractivity contribution in [3.63, 3.8) is 0 Å². The number of anilines is 1. The van der Waals surface area contributed by atoms with Crippen LogP contribution in [-0.4, -0.2) is 77.2 Å². The third-order valence-electron chi connectivity index (χ3n) is 5.19. The molecule has 0 spiro atoms. The van der Waals surface area contributed by atoms with E-state index >= 15 is 0 Å². The molecule has 0 saturated carbocycles. The van der Waals surface area contributed by atoms with Crippen LogP contribution in [0.3, 0.4) is 0 Å². The topological polar surface area (TPSA) is 104 Å². The van der Waals surface area contributed by atoms with Crippen LogP contribution in [0.1, 0.15) is 25.3 Å². The number of piperazine rings is 1. The molecule has 162 valence electrons. The van der Waals surface area contributed by atoms with Crippen LogP contribution < -0.4 is 4.31 Å². The van der Waals surface area contributed by atoms with Crippen molar-refractivity contribution in [2.75, 3.05) is 49.4 Å². The number of benzene rings is 1. The maximum Gasteiger partial charge on any atom is 0.409 e. The van der Waals surface area contributed by atoms with Crippen molar-refractivity contribution in [2.24, 2.45) is 0 Å². The lowest BCUT2D eigenvalue weighted by Gasteiger charge is -2.34. The first-order valence-corrected chi connectivity index (χ1v) is 12.7.